The molecule has 45 heavy (non-hydrogen) atoms. The van der Waals surface area contributed by atoms with Crippen LogP contribution in [-0.2, 0) is 40.1 Å². The van der Waals surface area contributed by atoms with Crippen LogP contribution in [0.2, 0.25) is 0 Å². The largest absolute Gasteiger partial charge is 0.461 e. The minimum atomic E-state index is -0.802. The van der Waals surface area contributed by atoms with E-state index in [0.29, 0.717) is 57.3 Å². The first-order valence-electron chi connectivity index (χ1n) is 15.8. The smallest absolute Gasteiger partial charge is 0.302 e. The van der Waals surface area contributed by atoms with Gasteiger partial charge in [-0.1, -0.05) is 53.2 Å². The van der Waals surface area contributed by atoms with E-state index in [2.05, 4.69) is 36.7 Å². The Bertz CT molecular complexity index is 1080. The van der Waals surface area contributed by atoms with E-state index in [4.69, 9.17) is 10.5 Å². The zero-order chi connectivity index (χ0) is 34.2. The first-order valence-corrected chi connectivity index (χ1v) is 15.8. The molecule has 5 amide bonds. The van der Waals surface area contributed by atoms with Crippen LogP contribution >= 0.6 is 0 Å². The Morgan fingerprint density at radius 1 is 0.867 bits per heavy atom. The molecule has 0 fully saturated rings. The Morgan fingerprint density at radius 3 is 2.02 bits per heavy atom. The lowest BCUT2D eigenvalue weighted by atomic mass is 10.1. The van der Waals surface area contributed by atoms with Crippen molar-refractivity contribution in [3.8, 4) is 0 Å². The summed E-state index contributed by atoms with van der Waals surface area (Å²) < 4.78 is 4.92. The van der Waals surface area contributed by atoms with Gasteiger partial charge in [-0.2, -0.15) is 0 Å². The fourth-order valence-electron chi connectivity index (χ4n) is 3.78. The number of imide groups is 1. The lowest BCUT2D eigenvalue weighted by Gasteiger charge is -2.18. The van der Waals surface area contributed by atoms with Gasteiger partial charge in [0.25, 0.3) is 11.8 Å². The number of hydrogen-bond acceptors (Lipinski definition) is 8. The van der Waals surface area contributed by atoms with Crippen molar-refractivity contribution in [3.63, 3.8) is 0 Å². The van der Waals surface area contributed by atoms with E-state index in [0.717, 1.165) is 16.4 Å². The molecule has 0 radical (unpaired) electrons. The Hall–Kier alpha value is -4.06. The zero-order valence-electron chi connectivity index (χ0n) is 27.8. The number of carbonyl (C=O) groups excluding carboxylic acids is 6. The lowest BCUT2D eigenvalue weighted by Crippen LogP contribution is -2.48. The van der Waals surface area contributed by atoms with Crippen molar-refractivity contribution < 1.29 is 33.5 Å². The predicted molar refractivity (Wildman–Crippen MR) is 175 cm³/mol. The number of amides is 5. The molecule has 0 aliphatic carbocycles. The molecule has 1 aromatic carbocycles. The van der Waals surface area contributed by atoms with Crippen LogP contribution in [0.1, 0.15) is 92.1 Å². The molecule has 1 atom stereocenters. The van der Waals surface area contributed by atoms with Crippen LogP contribution < -0.4 is 21.7 Å². The van der Waals surface area contributed by atoms with Crippen molar-refractivity contribution in [1.29, 1.82) is 0 Å². The number of hydrogen-bond donors (Lipinski definition) is 4. The number of benzene rings is 1. The number of nitrogens with one attached hydrogen (secondary N) is 3. The summed E-state index contributed by atoms with van der Waals surface area (Å²) in [6, 6.07) is 5.94. The fourth-order valence-corrected chi connectivity index (χ4v) is 3.78. The van der Waals surface area contributed by atoms with Crippen LogP contribution in [0.4, 0.5) is 5.69 Å². The van der Waals surface area contributed by atoms with Crippen LogP contribution in [0.5, 0.6) is 0 Å². The summed E-state index contributed by atoms with van der Waals surface area (Å²) >= 11 is 0. The lowest BCUT2D eigenvalue weighted by molar-refractivity contribution is -0.142. The summed E-state index contributed by atoms with van der Waals surface area (Å²) in [5, 5.41) is 7.97. The summed E-state index contributed by atoms with van der Waals surface area (Å²) in [4.78, 5) is 72.7. The molecule has 1 heterocycles. The molecule has 2 rings (SSSR count). The van der Waals surface area contributed by atoms with Gasteiger partial charge in [0.2, 0.25) is 17.7 Å². The maximum atomic E-state index is 12.7. The first-order chi connectivity index (χ1) is 21.4. The van der Waals surface area contributed by atoms with E-state index >= 15 is 0 Å². The number of carbonyl (C=O) groups is 6. The minimum absolute atomic E-state index is 0.134. The molecule has 0 spiro atoms. The van der Waals surface area contributed by atoms with Crippen molar-refractivity contribution in [2.75, 3.05) is 25.0 Å². The van der Waals surface area contributed by atoms with Gasteiger partial charge < -0.3 is 26.4 Å². The molecule has 0 saturated carbocycles. The Balaban J connectivity index is 0.00000298. The third-order valence-corrected chi connectivity index (χ3v) is 5.89. The quantitative estimate of drug-likeness (QED) is 0.115. The highest BCUT2D eigenvalue weighted by molar-refractivity contribution is 6.12. The standard InChI is InChI=1S/C27H37N5O7.C4H10.C2H6/c1-19(33)39-18-20-9-11-21(12-10-20)30-24(35)17-29-27(38)22(7-4-5-15-28)31-23(34)8-3-2-6-16-32-25(36)13-14-26(32)37;1-4(2)3;1-2/h9-14,22H,2-8,15-18,28H2,1H3,(H,29,38)(H,30,35)(H,31,34);4H,1-3H3;1-2H3. The summed E-state index contributed by atoms with van der Waals surface area (Å²) in [6.07, 6.45) is 6.12. The molecular formula is C33H53N5O7. The van der Waals surface area contributed by atoms with Crippen molar-refractivity contribution >= 4 is 41.2 Å². The number of nitrogens with zero attached hydrogens (tertiary/aromatic N) is 1. The number of anilines is 1. The number of unbranched alkanes of at least 4 members (excludes halogenated alkanes) is 3. The van der Waals surface area contributed by atoms with E-state index < -0.39 is 17.9 Å². The first kappa shape index (κ1) is 40.9. The second-order valence-electron chi connectivity index (χ2n) is 10.9. The van der Waals surface area contributed by atoms with Crippen LogP contribution in [0.25, 0.3) is 0 Å². The van der Waals surface area contributed by atoms with Gasteiger partial charge >= 0.3 is 5.97 Å². The highest BCUT2D eigenvalue weighted by atomic mass is 16.5. The van der Waals surface area contributed by atoms with Gasteiger partial charge in [-0.15, -0.1) is 0 Å². The van der Waals surface area contributed by atoms with Gasteiger partial charge in [-0.3, -0.25) is 33.7 Å². The van der Waals surface area contributed by atoms with Crippen LogP contribution in [0.3, 0.4) is 0 Å². The molecule has 1 aliphatic rings. The van der Waals surface area contributed by atoms with Gasteiger partial charge in [-0.25, -0.2) is 0 Å². The highest BCUT2D eigenvalue weighted by Crippen LogP contribution is 2.11. The molecule has 0 saturated heterocycles. The highest BCUT2D eigenvalue weighted by Gasteiger charge is 2.23. The van der Waals surface area contributed by atoms with Gasteiger partial charge in [0.1, 0.15) is 12.6 Å². The van der Waals surface area contributed by atoms with Gasteiger partial charge in [0.05, 0.1) is 6.54 Å². The van der Waals surface area contributed by atoms with Crippen molar-refractivity contribution in [1.82, 2.24) is 15.5 Å². The predicted octanol–water partition coefficient (Wildman–Crippen LogP) is 3.59. The molecule has 5 N–H and O–H groups in total. The normalized spacial score (nSPS) is 12.4. The summed E-state index contributed by atoms with van der Waals surface area (Å²) in [5.74, 6) is -1.40. The van der Waals surface area contributed by atoms with Crippen LogP contribution in [0.15, 0.2) is 36.4 Å². The molecule has 12 heteroatoms. The maximum Gasteiger partial charge on any atom is 0.302 e. The molecular weight excluding hydrogens is 578 g/mol. The minimum Gasteiger partial charge on any atom is -0.461 e. The van der Waals surface area contributed by atoms with Gasteiger partial charge in [0, 0.05) is 37.7 Å². The summed E-state index contributed by atoms with van der Waals surface area (Å²) in [5.41, 5.74) is 6.83. The molecule has 12 nitrogen and oxygen atoms in total. The average molecular weight is 632 g/mol. The maximum absolute atomic E-state index is 12.7. The second-order valence-corrected chi connectivity index (χ2v) is 10.9. The molecule has 0 aromatic heterocycles. The zero-order valence-corrected chi connectivity index (χ0v) is 27.8. The molecule has 0 bridgehead atoms. The van der Waals surface area contributed by atoms with Gasteiger partial charge in [0.15, 0.2) is 0 Å². The van der Waals surface area contributed by atoms with E-state index in [1.54, 1.807) is 24.3 Å². The summed E-state index contributed by atoms with van der Waals surface area (Å²) in [7, 11) is 0. The molecule has 1 unspecified atom stereocenters. The SMILES string of the molecule is CC.CC(=O)OCc1ccc(NC(=O)CNC(=O)C(CCCCN)NC(=O)CCCCCN2C(=O)C=CC2=O)cc1.CC(C)C. The number of ether oxygens (including phenoxy) is 1. The van der Waals surface area contributed by atoms with E-state index in [9.17, 15) is 28.8 Å². The van der Waals surface area contributed by atoms with Crippen LogP contribution in [-0.4, -0.2) is 66.1 Å². The van der Waals surface area contributed by atoms with Crippen molar-refractivity contribution in [3.05, 3.63) is 42.0 Å². The fraction of sp³-hybridized carbons (Fsp3) is 0.576. The third-order valence-electron chi connectivity index (χ3n) is 5.89. The third kappa shape index (κ3) is 19.8. The molecule has 1 aromatic rings. The Morgan fingerprint density at radius 2 is 1.47 bits per heavy atom. The number of nitrogens with two attached hydrogens (primary N) is 1. The average Bonchev–Trinajstić information content (AvgIpc) is 3.32. The Kier molecular flexibility index (Phi) is 22.1. The number of esters is 1. The topological polar surface area (TPSA) is 177 Å². The van der Waals surface area contributed by atoms with E-state index in [-0.39, 0.29) is 43.3 Å². The second kappa shape index (κ2) is 24.3. The van der Waals surface area contributed by atoms with Crippen molar-refractivity contribution in [2.24, 2.45) is 11.7 Å². The molecule has 1 aliphatic heterocycles. The summed E-state index contributed by atoms with van der Waals surface area (Å²) in [6.45, 7) is 12.4. The van der Waals surface area contributed by atoms with Crippen LogP contribution in [0, 0.1) is 5.92 Å². The monoisotopic (exact) mass is 631 g/mol. The van der Waals surface area contributed by atoms with Crippen molar-refractivity contribution in [2.45, 2.75) is 99.1 Å². The van der Waals surface area contributed by atoms with E-state index in [1.165, 1.54) is 19.1 Å². The van der Waals surface area contributed by atoms with E-state index in [1.807, 2.05) is 13.8 Å². The number of rotatable bonds is 17. The van der Waals surface area contributed by atoms with Gasteiger partial charge in [-0.05, 0) is 62.3 Å². The Labute approximate surface area is 267 Å². The molecule has 252 valence electrons.